The smallest absolute Gasteiger partial charge is 0.652 e. The SMILES string of the molecule is CCCCc1ccc([Si]([N-]C(C)(C)C)(c2ccc(CCCC)cc2)[C@H]2CC(N3Cc4ccccc4C3)C3C=CC=CC32)cc1.[CH3-].[CH3-].[CH3-].[Ti+4]. The fraction of sp³-hybridized carbons (Fsp3) is 0.432. The van der Waals surface area contributed by atoms with Gasteiger partial charge in [0.1, 0.15) is 0 Å². The van der Waals surface area contributed by atoms with Crippen molar-refractivity contribution in [3.8, 4) is 0 Å². The molecule has 48 heavy (non-hydrogen) atoms. The summed E-state index contributed by atoms with van der Waals surface area (Å²) in [5.74, 6) is 1.01. The van der Waals surface area contributed by atoms with E-state index in [1.165, 1.54) is 64.7 Å². The second-order valence-corrected chi connectivity index (χ2v) is 18.3. The fourth-order valence-corrected chi connectivity index (χ4v) is 13.9. The molecule has 0 bridgehead atoms. The number of hydrogen-bond donors (Lipinski definition) is 0. The third-order valence-corrected chi connectivity index (χ3v) is 15.6. The Balaban J connectivity index is 0.00000200. The Morgan fingerprint density at radius 2 is 1.15 bits per heavy atom. The summed E-state index contributed by atoms with van der Waals surface area (Å²) in [5.41, 5.74) is 6.29. The van der Waals surface area contributed by atoms with Gasteiger partial charge in [-0.15, -0.1) is 5.54 Å². The summed E-state index contributed by atoms with van der Waals surface area (Å²) in [5, 5.41) is 2.98. The molecule has 3 aromatic carbocycles. The van der Waals surface area contributed by atoms with Crippen molar-refractivity contribution >= 4 is 18.6 Å². The van der Waals surface area contributed by atoms with E-state index in [0.717, 1.165) is 25.9 Å². The summed E-state index contributed by atoms with van der Waals surface area (Å²) in [6.07, 6.45) is 18.2. The molecule has 3 aliphatic rings. The number of nitrogens with zero attached hydrogens (tertiary/aromatic N) is 2. The Morgan fingerprint density at radius 1 is 0.688 bits per heavy atom. The summed E-state index contributed by atoms with van der Waals surface area (Å²) in [4.78, 5) is 8.90. The van der Waals surface area contributed by atoms with Gasteiger partial charge in [0.25, 0.3) is 0 Å². The third kappa shape index (κ3) is 8.82. The van der Waals surface area contributed by atoms with E-state index in [1.807, 2.05) is 0 Å². The molecule has 0 amide bonds. The summed E-state index contributed by atoms with van der Waals surface area (Å²) >= 11 is 0. The van der Waals surface area contributed by atoms with Crippen LogP contribution in [0.5, 0.6) is 0 Å². The molecule has 2 aliphatic carbocycles. The standard InChI is InChI=1S/C41H53N2Si.3CH3.Ti/c1-6-8-14-31-20-24-35(25-21-31)44(42-41(3,4)5,36-26-22-32(23-27-36)15-9-7-2)40-28-39(37-18-12-13-19-38(37)40)43-29-33-16-10-11-17-34(33)30-43;;;;/h10-13,16-27,37-40H,6-9,14-15,28-30H2,1-5H3;3*1H3;/q4*-1;+4/t37?,38?,39?,40-;;;;/m0..../s1. The van der Waals surface area contributed by atoms with Gasteiger partial charge in [-0.3, -0.25) is 4.90 Å². The molecule has 1 fully saturated rings. The van der Waals surface area contributed by atoms with Crippen LogP contribution in [0.25, 0.3) is 4.98 Å². The van der Waals surface area contributed by atoms with Gasteiger partial charge in [0.15, 0.2) is 0 Å². The summed E-state index contributed by atoms with van der Waals surface area (Å²) in [7, 11) is -2.63. The maximum absolute atomic E-state index is 6.10. The van der Waals surface area contributed by atoms with Gasteiger partial charge in [-0.2, -0.15) is 0 Å². The van der Waals surface area contributed by atoms with Crippen molar-refractivity contribution in [1.82, 2.24) is 4.90 Å². The predicted octanol–water partition coefficient (Wildman–Crippen LogP) is 10.5. The van der Waals surface area contributed by atoms with E-state index < -0.39 is 8.24 Å². The van der Waals surface area contributed by atoms with Gasteiger partial charge in [0, 0.05) is 27.4 Å². The number of unbranched alkanes of at least 4 members (excludes halogenated alkanes) is 2. The number of aryl methyl sites for hydroxylation is 2. The van der Waals surface area contributed by atoms with E-state index in [0.29, 0.717) is 23.4 Å². The van der Waals surface area contributed by atoms with Crippen LogP contribution in [-0.2, 0) is 47.6 Å². The molecule has 3 aromatic rings. The first-order valence-corrected chi connectivity index (χ1v) is 19.4. The number of rotatable bonds is 11. The van der Waals surface area contributed by atoms with Gasteiger partial charge in [-0.25, -0.2) is 0 Å². The van der Waals surface area contributed by atoms with Gasteiger partial charge in [-0.1, -0.05) is 155 Å². The minimum Gasteiger partial charge on any atom is -0.652 e. The van der Waals surface area contributed by atoms with Crippen LogP contribution in [0.1, 0.15) is 89.0 Å². The van der Waals surface area contributed by atoms with E-state index in [1.54, 1.807) is 0 Å². The van der Waals surface area contributed by atoms with Crippen molar-refractivity contribution in [2.45, 2.75) is 110 Å². The zero-order valence-corrected chi connectivity index (χ0v) is 33.9. The molecule has 2 nitrogen and oxygen atoms in total. The molecule has 6 rings (SSSR count). The van der Waals surface area contributed by atoms with E-state index in [4.69, 9.17) is 4.98 Å². The molecular weight excluding hydrogens is 632 g/mol. The molecule has 0 spiro atoms. The zero-order chi connectivity index (χ0) is 30.7. The fourth-order valence-electron chi connectivity index (χ4n) is 8.39. The predicted molar refractivity (Wildman–Crippen MR) is 211 cm³/mol. The zero-order valence-electron chi connectivity index (χ0n) is 31.3. The van der Waals surface area contributed by atoms with Crippen molar-refractivity contribution in [3.05, 3.63) is 147 Å². The molecule has 0 N–H and O–H groups in total. The number of benzene rings is 3. The molecule has 4 atom stereocenters. The molecule has 0 saturated heterocycles. The van der Waals surface area contributed by atoms with Crippen LogP contribution < -0.4 is 10.4 Å². The maximum atomic E-state index is 6.10. The molecule has 0 radical (unpaired) electrons. The van der Waals surface area contributed by atoms with E-state index >= 15 is 0 Å². The molecule has 0 aromatic heterocycles. The van der Waals surface area contributed by atoms with Gasteiger partial charge < -0.3 is 27.3 Å². The Morgan fingerprint density at radius 3 is 1.58 bits per heavy atom. The molecule has 256 valence electrons. The Labute approximate surface area is 311 Å². The first-order chi connectivity index (χ1) is 21.3. The first kappa shape index (κ1) is 42.2. The Kier molecular flexibility index (Phi) is 16.1. The quantitative estimate of drug-likeness (QED) is 0.144. The van der Waals surface area contributed by atoms with Crippen LogP contribution in [0.15, 0.2) is 97.1 Å². The van der Waals surface area contributed by atoms with E-state index in [9.17, 15) is 0 Å². The Bertz CT molecular complexity index is 1380. The van der Waals surface area contributed by atoms with Crippen LogP contribution in [-0.4, -0.2) is 24.7 Å². The van der Waals surface area contributed by atoms with Crippen molar-refractivity contribution in [2.75, 3.05) is 0 Å². The summed E-state index contributed by atoms with van der Waals surface area (Å²) in [6, 6.07) is 29.3. The minimum absolute atomic E-state index is 0. The second kappa shape index (κ2) is 18.3. The van der Waals surface area contributed by atoms with Crippen LogP contribution in [0.2, 0.25) is 5.54 Å². The average Bonchev–Trinajstić information content (AvgIpc) is 3.64. The molecule has 1 aliphatic heterocycles. The van der Waals surface area contributed by atoms with Gasteiger partial charge in [-0.05, 0) is 71.7 Å². The second-order valence-electron chi connectivity index (χ2n) is 14.7. The van der Waals surface area contributed by atoms with Gasteiger partial charge in [0.05, 0.1) is 0 Å². The molecule has 3 unspecified atom stereocenters. The molecule has 4 heteroatoms. The van der Waals surface area contributed by atoms with Crippen LogP contribution >= 0.6 is 0 Å². The first-order valence-electron chi connectivity index (χ1n) is 17.4. The monoisotopic (exact) mass is 694 g/mol. The summed E-state index contributed by atoms with van der Waals surface area (Å²) < 4.78 is 0. The Hall–Kier alpha value is -2.01. The number of allylic oxidation sites excluding steroid dienone is 3. The van der Waals surface area contributed by atoms with Crippen molar-refractivity contribution in [1.29, 1.82) is 0 Å². The number of fused-ring (bicyclic) bond motifs is 2. The molecule has 1 heterocycles. The van der Waals surface area contributed by atoms with Gasteiger partial charge in [0.2, 0.25) is 0 Å². The summed E-state index contributed by atoms with van der Waals surface area (Å²) in [6.45, 7) is 13.7. The van der Waals surface area contributed by atoms with Crippen LogP contribution in [0.4, 0.5) is 0 Å². The van der Waals surface area contributed by atoms with Crippen LogP contribution in [0.3, 0.4) is 0 Å². The normalized spacial score (nSPS) is 21.3. The van der Waals surface area contributed by atoms with Crippen LogP contribution in [0, 0.1) is 34.1 Å². The van der Waals surface area contributed by atoms with Crippen molar-refractivity contribution in [3.63, 3.8) is 0 Å². The van der Waals surface area contributed by atoms with E-state index in [2.05, 4.69) is 137 Å². The largest absolute Gasteiger partial charge is 4.00 e. The van der Waals surface area contributed by atoms with Crippen molar-refractivity contribution < 1.29 is 21.7 Å². The average molecular weight is 695 g/mol. The number of hydrogen-bond acceptors (Lipinski definition) is 1. The van der Waals surface area contributed by atoms with Crippen molar-refractivity contribution in [2.24, 2.45) is 11.8 Å². The maximum Gasteiger partial charge on any atom is 4.00 e. The van der Waals surface area contributed by atoms with E-state index in [-0.39, 0.29) is 49.5 Å². The van der Waals surface area contributed by atoms with Gasteiger partial charge >= 0.3 is 21.7 Å². The molecular formula is C44H62N2SiTi. The third-order valence-electron chi connectivity index (χ3n) is 10.4. The minimum atomic E-state index is -2.63. The topological polar surface area (TPSA) is 17.3 Å². The molecule has 1 saturated carbocycles.